The average Bonchev–Trinajstić information content (AvgIpc) is 3.67. The second kappa shape index (κ2) is 10.0. The van der Waals surface area contributed by atoms with Crippen LogP contribution in [0.4, 0.5) is 11.4 Å². The number of imide groups is 2. The minimum Gasteiger partial charge on any atom is -0.268 e. The van der Waals surface area contributed by atoms with Crippen molar-refractivity contribution >= 4 is 35.0 Å². The first-order chi connectivity index (χ1) is 23.4. The van der Waals surface area contributed by atoms with Gasteiger partial charge in [0, 0.05) is 0 Å². The van der Waals surface area contributed by atoms with Gasteiger partial charge >= 0.3 is 0 Å². The van der Waals surface area contributed by atoms with Gasteiger partial charge in [0.05, 0.1) is 39.0 Å². The normalized spacial score (nSPS) is 15.4. The predicted molar refractivity (Wildman–Crippen MR) is 184 cm³/mol. The van der Waals surface area contributed by atoms with Crippen molar-refractivity contribution in [2.75, 3.05) is 9.80 Å². The number of hydrogen-bond acceptors (Lipinski definition) is 4. The van der Waals surface area contributed by atoms with Crippen LogP contribution in [0, 0.1) is 6.92 Å². The van der Waals surface area contributed by atoms with E-state index in [0.29, 0.717) is 33.6 Å². The number of rotatable bonds is 4. The Morgan fingerprint density at radius 3 is 1.23 bits per heavy atom. The summed E-state index contributed by atoms with van der Waals surface area (Å²) in [4.78, 5) is 55.9. The van der Waals surface area contributed by atoms with Crippen LogP contribution >= 0.6 is 0 Å². The number of amides is 4. The van der Waals surface area contributed by atoms with Gasteiger partial charge in [-0.05, 0) is 88.8 Å². The largest absolute Gasteiger partial charge is 0.268 e. The molecule has 48 heavy (non-hydrogen) atoms. The van der Waals surface area contributed by atoms with E-state index in [0.717, 1.165) is 38.9 Å². The summed E-state index contributed by atoms with van der Waals surface area (Å²) in [5.74, 6) is -1.35. The molecule has 6 aromatic rings. The number of carbonyl (C=O) groups is 4. The number of anilines is 2. The lowest BCUT2D eigenvalue weighted by Crippen LogP contribution is -2.31. The van der Waals surface area contributed by atoms with E-state index in [4.69, 9.17) is 0 Å². The van der Waals surface area contributed by atoms with Crippen molar-refractivity contribution in [2.24, 2.45) is 0 Å². The molecule has 3 aliphatic rings. The first-order valence-corrected chi connectivity index (χ1v) is 15.8. The Labute approximate surface area is 276 Å². The molecule has 6 nitrogen and oxygen atoms in total. The Hall–Kier alpha value is -6.40. The zero-order chi connectivity index (χ0) is 32.7. The van der Waals surface area contributed by atoms with Crippen LogP contribution < -0.4 is 9.80 Å². The van der Waals surface area contributed by atoms with Crippen molar-refractivity contribution in [3.05, 3.63) is 190 Å². The van der Waals surface area contributed by atoms with E-state index in [-0.39, 0.29) is 23.6 Å². The maximum absolute atomic E-state index is 13.4. The summed E-state index contributed by atoms with van der Waals surface area (Å²) in [5, 5.41) is 0. The van der Waals surface area contributed by atoms with Crippen molar-refractivity contribution in [3.8, 4) is 11.1 Å². The van der Waals surface area contributed by atoms with Gasteiger partial charge in [0.15, 0.2) is 0 Å². The number of fused-ring (bicyclic) bond motifs is 5. The SMILES string of the molecule is Cc1ccc2c(c1)C(=O)N(c1ccc(C3(c4ccc(N5C(=O)c6ccccc6C5=O)cc4)c4ccccc4-c4ccccc43)cc1)C2=O. The van der Waals surface area contributed by atoms with E-state index in [1.165, 1.54) is 9.80 Å². The van der Waals surface area contributed by atoms with E-state index in [2.05, 4.69) is 24.3 Å². The monoisotopic (exact) mass is 622 g/mol. The molecule has 0 radical (unpaired) electrons. The first kappa shape index (κ1) is 27.9. The van der Waals surface area contributed by atoms with Crippen molar-refractivity contribution in [1.29, 1.82) is 0 Å². The summed E-state index contributed by atoms with van der Waals surface area (Å²) >= 11 is 0. The summed E-state index contributed by atoms with van der Waals surface area (Å²) in [7, 11) is 0. The Kier molecular flexibility index (Phi) is 5.83. The smallest absolute Gasteiger partial charge is 0.266 e. The van der Waals surface area contributed by atoms with Gasteiger partial charge in [0.25, 0.3) is 23.6 Å². The highest BCUT2D eigenvalue weighted by molar-refractivity contribution is 6.35. The Bertz CT molecular complexity index is 2310. The van der Waals surface area contributed by atoms with Crippen LogP contribution in [0.2, 0.25) is 0 Å². The third kappa shape index (κ3) is 3.62. The summed E-state index contributed by atoms with van der Waals surface area (Å²) in [6.07, 6.45) is 0. The number of carbonyl (C=O) groups excluding carboxylic acids is 4. The molecule has 0 unspecified atom stereocenters. The van der Waals surface area contributed by atoms with Crippen molar-refractivity contribution in [1.82, 2.24) is 0 Å². The van der Waals surface area contributed by atoms with E-state index in [1.807, 2.05) is 85.8 Å². The molecule has 0 bridgehead atoms. The van der Waals surface area contributed by atoms with Crippen LogP contribution in [0.25, 0.3) is 11.1 Å². The molecule has 9 rings (SSSR count). The Morgan fingerprint density at radius 2 is 0.771 bits per heavy atom. The van der Waals surface area contributed by atoms with Crippen LogP contribution in [0.1, 0.15) is 69.2 Å². The quantitative estimate of drug-likeness (QED) is 0.187. The van der Waals surface area contributed by atoms with E-state index in [1.54, 1.807) is 36.4 Å². The van der Waals surface area contributed by atoms with Crippen LogP contribution in [0.3, 0.4) is 0 Å². The highest BCUT2D eigenvalue weighted by Gasteiger charge is 2.46. The van der Waals surface area contributed by atoms with Gasteiger partial charge in [-0.25, -0.2) is 9.80 Å². The molecule has 6 aromatic carbocycles. The molecular weight excluding hydrogens is 596 g/mol. The standard InChI is InChI=1S/C42H26N2O4/c1-25-14-23-34-35(24-25)41(48)44(40(34)47)29-21-17-27(18-22-29)42(36-12-6-4-8-30(36)31-9-5-7-13-37(31)42)26-15-19-28(20-16-26)43-38(45)32-10-2-3-11-33(32)39(43)46/h2-24H,1H3. The molecule has 1 aliphatic carbocycles. The lowest BCUT2D eigenvalue weighted by atomic mass is 9.67. The Morgan fingerprint density at radius 1 is 0.396 bits per heavy atom. The zero-order valence-electron chi connectivity index (χ0n) is 25.8. The van der Waals surface area contributed by atoms with Gasteiger partial charge in [-0.15, -0.1) is 0 Å². The molecule has 0 aromatic heterocycles. The Balaban J connectivity index is 1.18. The van der Waals surface area contributed by atoms with Crippen molar-refractivity contribution < 1.29 is 19.2 Å². The fraction of sp³-hybridized carbons (Fsp3) is 0.0476. The van der Waals surface area contributed by atoms with Gasteiger partial charge < -0.3 is 0 Å². The molecule has 2 heterocycles. The highest BCUT2D eigenvalue weighted by atomic mass is 16.2. The summed E-state index contributed by atoms with van der Waals surface area (Å²) in [6.45, 7) is 1.90. The second-order valence-electron chi connectivity index (χ2n) is 12.4. The minimum atomic E-state index is -0.759. The van der Waals surface area contributed by atoms with Gasteiger partial charge in [-0.2, -0.15) is 0 Å². The molecule has 6 heteroatoms. The van der Waals surface area contributed by atoms with Crippen LogP contribution in [0.15, 0.2) is 140 Å². The van der Waals surface area contributed by atoms with Gasteiger partial charge in [-0.3, -0.25) is 19.2 Å². The van der Waals surface area contributed by atoms with Crippen LogP contribution in [0.5, 0.6) is 0 Å². The molecule has 2 aliphatic heterocycles. The zero-order valence-corrected chi connectivity index (χ0v) is 25.8. The maximum atomic E-state index is 13.4. The third-order valence-electron chi connectivity index (χ3n) is 9.91. The predicted octanol–water partition coefficient (Wildman–Crippen LogP) is 7.96. The maximum Gasteiger partial charge on any atom is 0.266 e. The summed E-state index contributed by atoms with van der Waals surface area (Å²) in [6, 6.07) is 44.1. The molecule has 4 amide bonds. The fourth-order valence-corrected chi connectivity index (χ4v) is 7.76. The van der Waals surface area contributed by atoms with Gasteiger partial charge in [0.1, 0.15) is 0 Å². The molecule has 0 N–H and O–H groups in total. The summed E-state index contributed by atoms with van der Waals surface area (Å²) in [5.41, 5.74) is 9.06. The molecule has 0 atom stereocenters. The lowest BCUT2D eigenvalue weighted by molar-refractivity contribution is 0.0910. The topological polar surface area (TPSA) is 74.8 Å². The van der Waals surface area contributed by atoms with Crippen molar-refractivity contribution in [2.45, 2.75) is 12.3 Å². The molecule has 0 saturated heterocycles. The number of aryl methyl sites for hydroxylation is 1. The van der Waals surface area contributed by atoms with Gasteiger partial charge in [-0.1, -0.05) is 96.6 Å². The molecule has 0 fully saturated rings. The first-order valence-electron chi connectivity index (χ1n) is 15.8. The number of nitrogens with zero attached hydrogens (tertiary/aromatic N) is 2. The van der Waals surface area contributed by atoms with E-state index >= 15 is 0 Å². The van der Waals surface area contributed by atoms with Gasteiger partial charge in [0.2, 0.25) is 0 Å². The third-order valence-corrected chi connectivity index (χ3v) is 9.91. The highest BCUT2D eigenvalue weighted by Crippen LogP contribution is 2.56. The molecular formula is C42H26N2O4. The lowest BCUT2D eigenvalue weighted by Gasteiger charge is -2.34. The average molecular weight is 623 g/mol. The van der Waals surface area contributed by atoms with Crippen LogP contribution in [-0.4, -0.2) is 23.6 Å². The number of hydrogen-bond donors (Lipinski definition) is 0. The molecule has 0 saturated carbocycles. The van der Waals surface area contributed by atoms with E-state index < -0.39 is 5.41 Å². The second-order valence-corrected chi connectivity index (χ2v) is 12.4. The van der Waals surface area contributed by atoms with Crippen molar-refractivity contribution in [3.63, 3.8) is 0 Å². The molecule has 228 valence electrons. The fourth-order valence-electron chi connectivity index (χ4n) is 7.76. The van der Waals surface area contributed by atoms with Crippen LogP contribution in [-0.2, 0) is 5.41 Å². The molecule has 0 spiro atoms. The minimum absolute atomic E-state index is 0.332. The van der Waals surface area contributed by atoms with E-state index in [9.17, 15) is 19.2 Å². The summed E-state index contributed by atoms with van der Waals surface area (Å²) < 4.78 is 0. The number of benzene rings is 6.